The van der Waals surface area contributed by atoms with E-state index in [2.05, 4.69) is 28.1 Å². The van der Waals surface area contributed by atoms with Gasteiger partial charge >= 0.3 is 0 Å². The SMILES string of the molecule is CC(C)NC(=N)NC(=N)Nc1ccc(Cl)cc1.O=C1C(O)=C([C@H]2CC[C@H](c3ccc(Cl)cc3)CC2)C(=O)c2ccccc21. The fourth-order valence-electron chi connectivity index (χ4n) is 5.37. The van der Waals surface area contributed by atoms with E-state index in [1.54, 1.807) is 48.5 Å². The van der Waals surface area contributed by atoms with Crippen LogP contribution < -0.4 is 16.0 Å². The Bertz CT molecular complexity index is 1530. The molecule has 2 aliphatic carbocycles. The Hall–Kier alpha value is -4.14. The number of aliphatic hydroxyl groups excluding tert-OH is 1. The Labute approximate surface area is 261 Å². The van der Waals surface area contributed by atoms with E-state index in [-0.39, 0.29) is 35.4 Å². The van der Waals surface area contributed by atoms with Crippen LogP contribution in [0.25, 0.3) is 0 Å². The molecule has 3 aromatic carbocycles. The number of aliphatic hydroxyl groups is 1. The summed E-state index contributed by atoms with van der Waals surface area (Å²) < 4.78 is 0. The van der Waals surface area contributed by atoms with Crippen molar-refractivity contribution in [3.05, 3.63) is 111 Å². The number of hydrogen-bond acceptors (Lipinski definition) is 5. The van der Waals surface area contributed by atoms with Crippen molar-refractivity contribution in [1.82, 2.24) is 10.6 Å². The topological polar surface area (TPSA) is 138 Å². The molecule has 0 radical (unpaired) electrons. The van der Waals surface area contributed by atoms with Gasteiger partial charge in [0.1, 0.15) is 0 Å². The summed E-state index contributed by atoms with van der Waals surface area (Å²) in [5.74, 6) is -0.514. The molecule has 0 amide bonds. The summed E-state index contributed by atoms with van der Waals surface area (Å²) >= 11 is 11.7. The van der Waals surface area contributed by atoms with Crippen LogP contribution >= 0.6 is 23.2 Å². The molecule has 1 fully saturated rings. The lowest BCUT2D eigenvalue weighted by Crippen LogP contribution is -2.45. The van der Waals surface area contributed by atoms with Crippen LogP contribution in [0.1, 0.15) is 71.7 Å². The molecule has 224 valence electrons. The van der Waals surface area contributed by atoms with Crippen LogP contribution in [0, 0.1) is 16.7 Å². The Kier molecular flexibility index (Phi) is 10.6. The molecule has 0 heterocycles. The minimum absolute atomic E-state index is 0.0328. The minimum Gasteiger partial charge on any atom is -0.504 e. The Morgan fingerprint density at radius 1 is 0.767 bits per heavy atom. The van der Waals surface area contributed by atoms with E-state index < -0.39 is 5.78 Å². The monoisotopic (exact) mass is 619 g/mol. The van der Waals surface area contributed by atoms with E-state index in [1.165, 1.54) is 5.56 Å². The van der Waals surface area contributed by atoms with Crippen LogP contribution in [0.5, 0.6) is 0 Å². The second kappa shape index (κ2) is 14.4. The molecule has 8 nitrogen and oxygen atoms in total. The van der Waals surface area contributed by atoms with Crippen LogP contribution in [0.2, 0.25) is 10.0 Å². The molecule has 43 heavy (non-hydrogen) atoms. The Balaban J connectivity index is 0.000000217. The molecular weight excluding hydrogens is 585 g/mol. The van der Waals surface area contributed by atoms with Crippen molar-refractivity contribution in [1.29, 1.82) is 10.8 Å². The standard InChI is InChI=1S/C22H19ClO3.C11H16ClN5/c23-16-11-9-14(10-12-16)13-5-7-15(8-6-13)19-20(24)17-3-1-2-4-18(17)21(25)22(19)26;1-7(2)15-10(13)17-11(14)16-9-5-3-8(12)4-6-9/h1-4,9-13,15,26H,5-8H2;3-7H,1-2H3,(H5,13,14,15,16,17)/t13-,15-;. The van der Waals surface area contributed by atoms with Gasteiger partial charge in [-0.05, 0) is 93.3 Å². The lowest BCUT2D eigenvalue weighted by atomic mass is 9.72. The lowest BCUT2D eigenvalue weighted by Gasteiger charge is -2.31. The van der Waals surface area contributed by atoms with Gasteiger partial charge in [-0.3, -0.25) is 25.7 Å². The molecule has 2 aliphatic rings. The summed E-state index contributed by atoms with van der Waals surface area (Å²) in [6.45, 7) is 3.85. The molecule has 0 saturated heterocycles. The third-order valence-corrected chi connectivity index (χ3v) is 7.91. The molecule has 0 unspecified atom stereocenters. The van der Waals surface area contributed by atoms with Gasteiger partial charge in [-0.2, -0.15) is 0 Å². The summed E-state index contributed by atoms with van der Waals surface area (Å²) in [6, 6.07) is 21.8. The maximum atomic E-state index is 12.9. The number of fused-ring (bicyclic) bond motifs is 1. The van der Waals surface area contributed by atoms with E-state index in [1.807, 2.05) is 26.0 Å². The number of hydrogen-bond donors (Lipinski definition) is 6. The molecule has 6 N–H and O–H groups in total. The van der Waals surface area contributed by atoms with Crippen LogP contribution in [0.4, 0.5) is 5.69 Å². The van der Waals surface area contributed by atoms with Crippen LogP contribution in [0.15, 0.2) is 84.1 Å². The molecule has 0 bridgehead atoms. The third-order valence-electron chi connectivity index (χ3n) is 7.40. The van der Waals surface area contributed by atoms with Gasteiger partial charge in [-0.1, -0.05) is 59.6 Å². The normalized spacial score (nSPS) is 17.9. The van der Waals surface area contributed by atoms with E-state index in [9.17, 15) is 14.7 Å². The number of carbonyl (C=O) groups is 2. The minimum atomic E-state index is -0.435. The number of nitrogens with one attached hydrogen (secondary N) is 5. The van der Waals surface area contributed by atoms with Crippen molar-refractivity contribution in [3.63, 3.8) is 0 Å². The summed E-state index contributed by atoms with van der Waals surface area (Å²) in [5.41, 5.74) is 3.01. The highest BCUT2D eigenvalue weighted by Crippen LogP contribution is 2.42. The molecule has 3 aromatic rings. The zero-order valence-corrected chi connectivity index (χ0v) is 25.5. The number of allylic oxidation sites excluding steroid dienone is 2. The largest absolute Gasteiger partial charge is 0.504 e. The van der Waals surface area contributed by atoms with Gasteiger partial charge < -0.3 is 15.7 Å². The molecular formula is C33H35Cl2N5O3. The maximum absolute atomic E-state index is 12.9. The summed E-state index contributed by atoms with van der Waals surface area (Å²) in [4.78, 5) is 25.3. The molecule has 0 aromatic heterocycles. The second-order valence-electron chi connectivity index (χ2n) is 10.9. The molecule has 10 heteroatoms. The van der Waals surface area contributed by atoms with Gasteiger partial charge in [0.2, 0.25) is 5.78 Å². The van der Waals surface area contributed by atoms with Gasteiger partial charge in [-0.25, -0.2) is 0 Å². The fraction of sp³-hybridized carbons (Fsp3) is 0.273. The predicted molar refractivity (Wildman–Crippen MR) is 173 cm³/mol. The summed E-state index contributed by atoms with van der Waals surface area (Å²) in [5, 5.41) is 35.2. The first kappa shape index (κ1) is 31.8. The highest BCUT2D eigenvalue weighted by atomic mass is 35.5. The van der Waals surface area contributed by atoms with Crippen molar-refractivity contribution in [3.8, 4) is 0 Å². The highest BCUT2D eigenvalue weighted by Gasteiger charge is 2.37. The van der Waals surface area contributed by atoms with Crippen molar-refractivity contribution in [2.45, 2.75) is 51.5 Å². The first-order valence-corrected chi connectivity index (χ1v) is 14.9. The average Bonchev–Trinajstić information content (AvgIpc) is 2.98. The molecule has 5 rings (SSSR count). The molecule has 0 aliphatic heterocycles. The lowest BCUT2D eigenvalue weighted by molar-refractivity contribution is 0.0914. The van der Waals surface area contributed by atoms with Gasteiger partial charge in [0.15, 0.2) is 23.5 Å². The van der Waals surface area contributed by atoms with Crippen LogP contribution in [-0.4, -0.2) is 34.6 Å². The van der Waals surface area contributed by atoms with Gasteiger partial charge in [-0.15, -0.1) is 0 Å². The zero-order valence-electron chi connectivity index (χ0n) is 24.0. The number of guanidine groups is 2. The number of carbonyl (C=O) groups excluding carboxylic acids is 2. The van der Waals surface area contributed by atoms with Crippen molar-refractivity contribution in [2.24, 2.45) is 5.92 Å². The van der Waals surface area contributed by atoms with E-state index in [0.29, 0.717) is 27.6 Å². The first-order valence-electron chi connectivity index (χ1n) is 14.1. The zero-order chi connectivity index (χ0) is 31.1. The Morgan fingerprint density at radius 3 is 1.84 bits per heavy atom. The average molecular weight is 621 g/mol. The number of rotatable bonds is 4. The van der Waals surface area contributed by atoms with E-state index in [0.717, 1.165) is 36.4 Å². The number of halogens is 2. The van der Waals surface area contributed by atoms with Crippen molar-refractivity contribution in [2.75, 3.05) is 5.32 Å². The van der Waals surface area contributed by atoms with Crippen LogP contribution in [-0.2, 0) is 0 Å². The fourth-order valence-corrected chi connectivity index (χ4v) is 5.62. The number of ketones is 2. The molecule has 0 atom stereocenters. The van der Waals surface area contributed by atoms with Crippen molar-refractivity contribution < 1.29 is 14.7 Å². The van der Waals surface area contributed by atoms with Gasteiger partial charge in [0.25, 0.3) is 0 Å². The van der Waals surface area contributed by atoms with E-state index >= 15 is 0 Å². The second-order valence-corrected chi connectivity index (χ2v) is 11.7. The maximum Gasteiger partial charge on any atom is 0.228 e. The third kappa shape index (κ3) is 8.24. The first-order chi connectivity index (χ1) is 20.5. The molecule has 0 spiro atoms. The molecule has 1 saturated carbocycles. The quantitative estimate of drug-likeness (QED) is 0.131. The van der Waals surface area contributed by atoms with Gasteiger partial charge in [0.05, 0.1) is 0 Å². The number of anilines is 1. The smallest absolute Gasteiger partial charge is 0.228 e. The van der Waals surface area contributed by atoms with Crippen molar-refractivity contribution >= 4 is 52.4 Å². The number of benzene rings is 3. The number of Topliss-reactive ketones (excluding diaryl/α,β-unsaturated/α-hetero) is 2. The van der Waals surface area contributed by atoms with E-state index in [4.69, 9.17) is 34.0 Å². The van der Waals surface area contributed by atoms with Crippen LogP contribution in [0.3, 0.4) is 0 Å². The Morgan fingerprint density at radius 2 is 1.28 bits per heavy atom. The highest BCUT2D eigenvalue weighted by molar-refractivity contribution is 6.31. The summed E-state index contributed by atoms with van der Waals surface area (Å²) in [6.07, 6.45) is 3.42. The predicted octanol–water partition coefficient (Wildman–Crippen LogP) is 7.71. The summed E-state index contributed by atoms with van der Waals surface area (Å²) in [7, 11) is 0. The van der Waals surface area contributed by atoms with Gasteiger partial charge in [0, 0.05) is 38.5 Å².